The Balaban J connectivity index is 2.27. The van der Waals surface area contributed by atoms with Crippen LogP contribution >= 0.6 is 0 Å². The fourth-order valence-electron chi connectivity index (χ4n) is 8.73. The van der Waals surface area contributed by atoms with Gasteiger partial charge in [-0.25, -0.2) is 0 Å². The van der Waals surface area contributed by atoms with E-state index in [0.717, 1.165) is 77.3 Å². The van der Waals surface area contributed by atoms with Gasteiger partial charge in [-0.3, -0.25) is 9.59 Å². The lowest BCUT2D eigenvalue weighted by atomic mass is 9.92. The van der Waals surface area contributed by atoms with Gasteiger partial charge in [-0.15, -0.1) is 0 Å². The number of carbonyl (C=O) groups is 2. The molecule has 1 rings (SSSR count). The summed E-state index contributed by atoms with van der Waals surface area (Å²) in [6, 6.07) is 0. The zero-order chi connectivity index (χ0) is 42.4. The monoisotopic (exact) mass is 822 g/mol. The van der Waals surface area contributed by atoms with Crippen molar-refractivity contribution in [3.63, 3.8) is 0 Å². The summed E-state index contributed by atoms with van der Waals surface area (Å²) in [7, 11) is 2.16. The van der Waals surface area contributed by atoms with Crippen molar-refractivity contribution in [2.45, 2.75) is 265 Å². The molecule has 344 valence electrons. The van der Waals surface area contributed by atoms with Crippen molar-refractivity contribution in [3.8, 4) is 0 Å². The van der Waals surface area contributed by atoms with Crippen molar-refractivity contribution in [3.05, 3.63) is 0 Å². The molecule has 0 aliphatic carbocycles. The van der Waals surface area contributed by atoms with Gasteiger partial charge in [-0.05, 0) is 64.0 Å². The first-order valence-electron chi connectivity index (χ1n) is 25.6. The van der Waals surface area contributed by atoms with E-state index < -0.39 is 5.79 Å². The molecule has 1 saturated heterocycles. The van der Waals surface area contributed by atoms with Gasteiger partial charge in [-0.1, -0.05) is 189 Å². The molecule has 0 aromatic heterocycles. The van der Waals surface area contributed by atoms with Crippen molar-refractivity contribution in [1.29, 1.82) is 0 Å². The van der Waals surface area contributed by atoms with E-state index in [1.807, 2.05) is 0 Å². The van der Waals surface area contributed by atoms with Crippen LogP contribution in [0.4, 0.5) is 0 Å². The number of hydrogen-bond acceptors (Lipinski definition) is 7. The van der Waals surface area contributed by atoms with E-state index in [2.05, 4.69) is 46.6 Å². The van der Waals surface area contributed by atoms with E-state index >= 15 is 0 Å². The Kier molecular flexibility index (Phi) is 36.6. The fourth-order valence-corrected chi connectivity index (χ4v) is 8.73. The molecule has 1 aliphatic heterocycles. The molecule has 0 bridgehead atoms. The second kappa shape index (κ2) is 38.7. The first-order valence-corrected chi connectivity index (χ1v) is 25.6. The molecule has 0 aromatic carbocycles. The van der Waals surface area contributed by atoms with E-state index in [9.17, 15) is 9.59 Å². The summed E-state index contributed by atoms with van der Waals surface area (Å²) in [5, 5.41) is 0. The van der Waals surface area contributed by atoms with E-state index in [1.165, 1.54) is 141 Å². The van der Waals surface area contributed by atoms with Gasteiger partial charge in [0, 0.05) is 32.2 Å². The van der Waals surface area contributed by atoms with Crippen LogP contribution in [0.25, 0.3) is 0 Å². The Morgan fingerprint density at radius 2 is 0.914 bits per heavy atom. The standard InChI is InChI=1S/C51H99NO6/c1-7-12-24-32-46(33-25-13-8-2)38-42-55-49(53)36-28-20-16-18-22-30-40-51(57-45-48(58-51)44-52(6)11-5)41-31-23-19-17-21-29-37-50(54)56-43-39-47(34-26-14-9-3)35-27-15-10-4/h46-48H,7-45H2,1-6H3. The molecule has 58 heavy (non-hydrogen) atoms. The number of unbranched alkanes of at least 4 members (excludes halogenated alkanes) is 18. The largest absolute Gasteiger partial charge is 0.466 e. The highest BCUT2D eigenvalue weighted by Crippen LogP contribution is 2.35. The quantitative estimate of drug-likeness (QED) is 0.0448. The lowest BCUT2D eigenvalue weighted by Gasteiger charge is -2.29. The van der Waals surface area contributed by atoms with Crippen LogP contribution < -0.4 is 0 Å². The molecule has 0 N–H and O–H groups in total. The number of esters is 2. The van der Waals surface area contributed by atoms with Crippen LogP contribution in [-0.2, 0) is 28.5 Å². The second-order valence-electron chi connectivity index (χ2n) is 18.3. The molecule has 0 amide bonds. The second-order valence-corrected chi connectivity index (χ2v) is 18.3. The van der Waals surface area contributed by atoms with Gasteiger partial charge in [0.25, 0.3) is 0 Å². The Hall–Kier alpha value is -1.18. The summed E-state index contributed by atoms with van der Waals surface area (Å²) in [6.45, 7) is 15.1. The topological polar surface area (TPSA) is 74.3 Å². The third-order valence-electron chi connectivity index (χ3n) is 12.8. The number of hydrogen-bond donors (Lipinski definition) is 0. The molecule has 0 aromatic rings. The van der Waals surface area contributed by atoms with Gasteiger partial charge in [0.05, 0.1) is 25.9 Å². The van der Waals surface area contributed by atoms with Gasteiger partial charge in [0.1, 0.15) is 0 Å². The lowest BCUT2D eigenvalue weighted by Crippen LogP contribution is -2.34. The average molecular weight is 822 g/mol. The molecule has 7 heteroatoms. The van der Waals surface area contributed by atoms with E-state index in [1.54, 1.807) is 0 Å². The predicted molar refractivity (Wildman–Crippen MR) is 245 cm³/mol. The molecule has 0 radical (unpaired) electrons. The third kappa shape index (κ3) is 30.8. The molecular weight excluding hydrogens is 723 g/mol. The van der Waals surface area contributed by atoms with Crippen molar-refractivity contribution < 1.29 is 28.5 Å². The van der Waals surface area contributed by atoms with Gasteiger partial charge in [-0.2, -0.15) is 0 Å². The highest BCUT2D eigenvalue weighted by molar-refractivity contribution is 5.69. The zero-order valence-electron chi connectivity index (χ0n) is 39.7. The minimum atomic E-state index is -0.442. The zero-order valence-corrected chi connectivity index (χ0v) is 39.7. The minimum absolute atomic E-state index is 0.00797. The summed E-state index contributed by atoms with van der Waals surface area (Å²) in [4.78, 5) is 27.1. The van der Waals surface area contributed by atoms with Crippen LogP contribution in [0.2, 0.25) is 0 Å². The molecule has 1 heterocycles. The van der Waals surface area contributed by atoms with Crippen LogP contribution in [0.1, 0.15) is 253 Å². The Labute approximate surface area is 361 Å². The number of rotatable bonds is 43. The van der Waals surface area contributed by atoms with Crippen molar-refractivity contribution in [2.75, 3.05) is 40.0 Å². The number of ether oxygens (including phenoxy) is 4. The van der Waals surface area contributed by atoms with E-state index in [0.29, 0.717) is 44.5 Å². The van der Waals surface area contributed by atoms with Gasteiger partial charge in [0.15, 0.2) is 5.79 Å². The lowest BCUT2D eigenvalue weighted by molar-refractivity contribution is -0.180. The molecule has 0 spiro atoms. The predicted octanol–water partition coefficient (Wildman–Crippen LogP) is 14.7. The van der Waals surface area contributed by atoms with Crippen molar-refractivity contribution in [1.82, 2.24) is 4.90 Å². The normalized spacial score (nSPS) is 15.3. The van der Waals surface area contributed by atoms with Crippen LogP contribution in [0, 0.1) is 11.8 Å². The Bertz CT molecular complexity index is 851. The summed E-state index contributed by atoms with van der Waals surface area (Å²) >= 11 is 0. The van der Waals surface area contributed by atoms with Gasteiger partial charge in [0.2, 0.25) is 0 Å². The summed E-state index contributed by atoms with van der Waals surface area (Å²) in [5.41, 5.74) is 0. The highest BCUT2D eigenvalue weighted by Gasteiger charge is 2.40. The summed E-state index contributed by atoms with van der Waals surface area (Å²) < 4.78 is 24.5. The Morgan fingerprint density at radius 3 is 1.29 bits per heavy atom. The number of carbonyl (C=O) groups excluding carboxylic acids is 2. The molecule has 1 unspecified atom stereocenters. The van der Waals surface area contributed by atoms with Crippen LogP contribution in [0.5, 0.6) is 0 Å². The molecule has 1 aliphatic rings. The SMILES string of the molecule is CCCCCC(CCCCC)CCOC(=O)CCCCCCCCC1(CCCCCCCCC(=O)OCCC(CCCCC)CCCCC)OCC(CN(C)CC)O1. The maximum absolute atomic E-state index is 12.4. The first-order chi connectivity index (χ1) is 28.3. The highest BCUT2D eigenvalue weighted by atomic mass is 16.7. The molecule has 1 fully saturated rings. The minimum Gasteiger partial charge on any atom is -0.466 e. The van der Waals surface area contributed by atoms with Gasteiger partial charge < -0.3 is 23.8 Å². The summed E-state index contributed by atoms with van der Waals surface area (Å²) in [5.74, 6) is 0.962. The fraction of sp³-hybridized carbons (Fsp3) is 0.961. The molecule has 0 saturated carbocycles. The molecule has 7 nitrogen and oxygen atoms in total. The number of likely N-dealkylation sites (N-methyl/N-ethyl adjacent to an activating group) is 1. The van der Waals surface area contributed by atoms with Crippen molar-refractivity contribution in [2.24, 2.45) is 11.8 Å². The maximum atomic E-state index is 12.4. The maximum Gasteiger partial charge on any atom is 0.305 e. The smallest absolute Gasteiger partial charge is 0.305 e. The first kappa shape index (κ1) is 54.8. The molecule has 1 atom stereocenters. The third-order valence-corrected chi connectivity index (χ3v) is 12.8. The van der Waals surface area contributed by atoms with Crippen LogP contribution in [0.15, 0.2) is 0 Å². The van der Waals surface area contributed by atoms with E-state index in [4.69, 9.17) is 18.9 Å². The van der Waals surface area contributed by atoms with E-state index in [-0.39, 0.29) is 18.0 Å². The van der Waals surface area contributed by atoms with Crippen LogP contribution in [-0.4, -0.2) is 68.7 Å². The number of nitrogens with zero attached hydrogens (tertiary/aromatic N) is 1. The molecular formula is C51H99NO6. The van der Waals surface area contributed by atoms with Crippen LogP contribution in [0.3, 0.4) is 0 Å². The van der Waals surface area contributed by atoms with Crippen molar-refractivity contribution >= 4 is 11.9 Å². The summed E-state index contributed by atoms with van der Waals surface area (Å²) in [6.07, 6.45) is 39.3. The average Bonchev–Trinajstić information content (AvgIpc) is 3.61. The van der Waals surface area contributed by atoms with Gasteiger partial charge >= 0.3 is 11.9 Å². The Morgan fingerprint density at radius 1 is 0.534 bits per heavy atom.